The lowest BCUT2D eigenvalue weighted by Gasteiger charge is -2.26. The fourth-order valence-electron chi connectivity index (χ4n) is 2.13. The Kier molecular flexibility index (Phi) is 3.33. The first kappa shape index (κ1) is 11.9. The molecule has 0 aliphatic carbocycles. The molecule has 1 aromatic rings. The number of hydrogen-bond acceptors (Lipinski definition) is 3. The molecular weight excluding hydrogens is 214 g/mol. The van der Waals surface area contributed by atoms with Crippen LogP contribution < -0.4 is 10.7 Å². The summed E-state index contributed by atoms with van der Waals surface area (Å²) in [5.74, 6) is 0.171. The smallest absolute Gasteiger partial charge is 0.242 e. The number of anilines is 1. The third-order valence-electron chi connectivity index (χ3n) is 3.05. The second-order valence-corrected chi connectivity index (χ2v) is 4.64. The summed E-state index contributed by atoms with van der Waals surface area (Å²) in [7, 11) is 1.81. The van der Waals surface area contributed by atoms with Gasteiger partial charge >= 0.3 is 0 Å². The maximum Gasteiger partial charge on any atom is 0.242 e. The van der Waals surface area contributed by atoms with Crippen LogP contribution in [0.5, 0.6) is 0 Å². The summed E-state index contributed by atoms with van der Waals surface area (Å²) in [6, 6.07) is 8.43. The number of nitrogens with two attached hydrogens (primary N) is 1. The van der Waals surface area contributed by atoms with Gasteiger partial charge in [-0.25, -0.2) is 0 Å². The van der Waals surface area contributed by atoms with Gasteiger partial charge in [0.15, 0.2) is 0 Å². The molecule has 2 N–H and O–H groups in total. The first-order valence-corrected chi connectivity index (χ1v) is 5.96. The van der Waals surface area contributed by atoms with Crippen LogP contribution in [0.15, 0.2) is 24.3 Å². The zero-order chi connectivity index (χ0) is 12.4. The van der Waals surface area contributed by atoms with E-state index in [9.17, 15) is 4.79 Å². The largest absolute Gasteiger partial charge is 0.328 e. The average Bonchev–Trinajstić information content (AvgIpc) is 2.60. The third-order valence-corrected chi connectivity index (χ3v) is 3.05. The topological polar surface area (TPSA) is 49.6 Å². The van der Waals surface area contributed by atoms with Crippen LogP contribution in [-0.2, 0) is 11.2 Å². The molecule has 17 heavy (non-hydrogen) atoms. The first-order valence-electron chi connectivity index (χ1n) is 5.96. The zero-order valence-corrected chi connectivity index (χ0v) is 10.4. The summed E-state index contributed by atoms with van der Waals surface area (Å²) in [6.07, 6.45) is 1.48. The van der Waals surface area contributed by atoms with E-state index in [-0.39, 0.29) is 11.9 Å². The molecule has 1 saturated heterocycles. The van der Waals surface area contributed by atoms with Crippen molar-refractivity contribution >= 4 is 11.6 Å². The number of rotatable bonds is 3. The maximum atomic E-state index is 11.4. The van der Waals surface area contributed by atoms with Crippen LogP contribution in [0.3, 0.4) is 0 Å². The number of hydrazine groups is 1. The van der Waals surface area contributed by atoms with Crippen molar-refractivity contribution < 1.29 is 4.79 Å². The van der Waals surface area contributed by atoms with Crippen molar-refractivity contribution in [2.75, 3.05) is 18.6 Å². The molecular formula is C13H19N3O. The van der Waals surface area contributed by atoms with Crippen molar-refractivity contribution in [2.24, 2.45) is 5.73 Å². The minimum Gasteiger partial charge on any atom is -0.328 e. The van der Waals surface area contributed by atoms with Crippen LogP contribution in [0, 0.1) is 0 Å². The third kappa shape index (κ3) is 2.58. The van der Waals surface area contributed by atoms with Gasteiger partial charge in [0, 0.05) is 26.1 Å². The molecule has 1 aliphatic rings. The Bertz CT molecular complexity index is 400. The highest BCUT2D eigenvalue weighted by atomic mass is 16.2. The summed E-state index contributed by atoms with van der Waals surface area (Å²) in [5.41, 5.74) is 8.06. The van der Waals surface area contributed by atoms with Gasteiger partial charge in [-0.2, -0.15) is 0 Å². The summed E-state index contributed by atoms with van der Waals surface area (Å²) >= 11 is 0. The number of nitrogens with zero attached hydrogens (tertiary/aromatic N) is 2. The van der Waals surface area contributed by atoms with E-state index in [2.05, 4.69) is 12.1 Å². The summed E-state index contributed by atoms with van der Waals surface area (Å²) in [6.45, 7) is 2.77. The molecule has 1 aromatic carbocycles. The molecule has 1 fully saturated rings. The van der Waals surface area contributed by atoms with Gasteiger partial charge in [0.25, 0.3) is 0 Å². The maximum absolute atomic E-state index is 11.4. The van der Waals surface area contributed by atoms with Crippen molar-refractivity contribution in [3.63, 3.8) is 0 Å². The fraction of sp³-hybridized carbons (Fsp3) is 0.462. The molecule has 1 amide bonds. The van der Waals surface area contributed by atoms with Gasteiger partial charge in [0.2, 0.25) is 5.91 Å². The van der Waals surface area contributed by atoms with Gasteiger partial charge in [-0.05, 0) is 31.0 Å². The number of carbonyl (C=O) groups is 1. The molecule has 1 unspecified atom stereocenters. The minimum absolute atomic E-state index is 0.171. The predicted octanol–water partition coefficient (Wildman–Crippen LogP) is 1.16. The lowest BCUT2D eigenvalue weighted by molar-refractivity contribution is -0.126. The van der Waals surface area contributed by atoms with Gasteiger partial charge in [-0.3, -0.25) is 14.8 Å². The molecule has 4 heteroatoms. The van der Waals surface area contributed by atoms with Crippen molar-refractivity contribution in [2.45, 2.75) is 25.8 Å². The van der Waals surface area contributed by atoms with Crippen LogP contribution in [0.4, 0.5) is 5.69 Å². The van der Waals surface area contributed by atoms with E-state index in [1.807, 2.05) is 31.1 Å². The van der Waals surface area contributed by atoms with Gasteiger partial charge < -0.3 is 5.73 Å². The molecule has 0 spiro atoms. The average molecular weight is 233 g/mol. The van der Waals surface area contributed by atoms with Gasteiger partial charge in [0.1, 0.15) is 0 Å². The molecule has 1 aliphatic heterocycles. The first-order chi connectivity index (χ1) is 8.08. The Hall–Kier alpha value is -1.55. The van der Waals surface area contributed by atoms with Gasteiger partial charge in [-0.1, -0.05) is 12.1 Å². The highest BCUT2D eigenvalue weighted by Crippen LogP contribution is 2.21. The standard InChI is InChI=1S/C13H19N3O/c1-10(14)9-11-3-5-12(6-4-11)16-8-7-13(17)15(16)2/h3-6,10H,7-9,14H2,1-2H3. The quantitative estimate of drug-likeness (QED) is 0.852. The lowest BCUT2D eigenvalue weighted by Crippen LogP contribution is -2.35. The lowest BCUT2D eigenvalue weighted by atomic mass is 10.1. The second-order valence-electron chi connectivity index (χ2n) is 4.64. The summed E-state index contributed by atoms with van der Waals surface area (Å²) in [4.78, 5) is 11.4. The van der Waals surface area contributed by atoms with Crippen molar-refractivity contribution in [1.82, 2.24) is 5.01 Å². The van der Waals surface area contributed by atoms with Gasteiger partial charge in [0.05, 0.1) is 5.69 Å². The van der Waals surface area contributed by atoms with Crippen LogP contribution >= 0.6 is 0 Å². The molecule has 2 rings (SSSR count). The van der Waals surface area contributed by atoms with E-state index in [4.69, 9.17) is 5.73 Å². The highest BCUT2D eigenvalue weighted by molar-refractivity contribution is 5.81. The molecule has 92 valence electrons. The zero-order valence-electron chi connectivity index (χ0n) is 10.4. The van der Waals surface area contributed by atoms with E-state index in [0.717, 1.165) is 18.7 Å². The van der Waals surface area contributed by atoms with E-state index in [1.165, 1.54) is 5.56 Å². The predicted molar refractivity (Wildman–Crippen MR) is 68.5 cm³/mol. The highest BCUT2D eigenvalue weighted by Gasteiger charge is 2.25. The van der Waals surface area contributed by atoms with E-state index in [1.54, 1.807) is 5.01 Å². The Balaban J connectivity index is 2.10. The summed E-state index contributed by atoms with van der Waals surface area (Å²) < 4.78 is 0. The van der Waals surface area contributed by atoms with Gasteiger partial charge in [-0.15, -0.1) is 0 Å². The minimum atomic E-state index is 0.171. The number of benzene rings is 1. The van der Waals surface area contributed by atoms with Crippen LogP contribution in [0.25, 0.3) is 0 Å². The van der Waals surface area contributed by atoms with Crippen LogP contribution in [0.2, 0.25) is 0 Å². The van der Waals surface area contributed by atoms with E-state index < -0.39 is 0 Å². The Morgan fingerprint density at radius 1 is 1.35 bits per heavy atom. The number of carbonyl (C=O) groups excluding carboxylic acids is 1. The fourth-order valence-corrected chi connectivity index (χ4v) is 2.13. The van der Waals surface area contributed by atoms with E-state index in [0.29, 0.717) is 6.42 Å². The molecule has 1 heterocycles. The molecule has 0 saturated carbocycles. The Morgan fingerprint density at radius 2 is 2.00 bits per heavy atom. The number of hydrogen-bond donors (Lipinski definition) is 1. The second kappa shape index (κ2) is 4.75. The normalized spacial score (nSPS) is 17.7. The SMILES string of the molecule is CC(N)Cc1ccc(N2CCC(=O)N2C)cc1. The Morgan fingerprint density at radius 3 is 2.47 bits per heavy atom. The van der Waals surface area contributed by atoms with Crippen LogP contribution in [0.1, 0.15) is 18.9 Å². The van der Waals surface area contributed by atoms with Crippen molar-refractivity contribution in [3.05, 3.63) is 29.8 Å². The Labute approximate surface area is 102 Å². The molecule has 0 bridgehead atoms. The molecule has 4 nitrogen and oxygen atoms in total. The summed E-state index contributed by atoms with van der Waals surface area (Å²) in [5, 5.41) is 3.68. The monoisotopic (exact) mass is 233 g/mol. The van der Waals surface area contributed by atoms with Crippen molar-refractivity contribution in [3.8, 4) is 0 Å². The van der Waals surface area contributed by atoms with E-state index >= 15 is 0 Å². The van der Waals surface area contributed by atoms with Crippen LogP contribution in [-0.4, -0.2) is 30.6 Å². The number of amides is 1. The molecule has 1 atom stereocenters. The van der Waals surface area contributed by atoms with Crippen molar-refractivity contribution in [1.29, 1.82) is 0 Å². The molecule has 0 aromatic heterocycles. The molecule has 0 radical (unpaired) electrons.